The van der Waals surface area contributed by atoms with Crippen LogP contribution in [-0.2, 0) is 11.3 Å². The smallest absolute Gasteiger partial charge is 0.189 e. The Balaban J connectivity index is 2.38. The van der Waals surface area contributed by atoms with E-state index in [9.17, 15) is 0 Å². The fourth-order valence-electron chi connectivity index (χ4n) is 1.31. The fraction of sp³-hybridized carbons (Fsp3) is 0.222. The monoisotopic (exact) mass is 194 g/mol. The second-order valence-electron chi connectivity index (χ2n) is 2.92. The maximum atomic E-state index is 8.49. The molecule has 0 spiro atoms. The van der Waals surface area contributed by atoms with Gasteiger partial charge >= 0.3 is 0 Å². The Morgan fingerprint density at radius 3 is 3.14 bits per heavy atom. The molecule has 0 fully saturated rings. The summed E-state index contributed by atoms with van der Waals surface area (Å²) in [4.78, 5) is 0. The molecule has 0 saturated carbocycles. The summed E-state index contributed by atoms with van der Waals surface area (Å²) in [5, 5.41) is 11.4. The SMILES string of the molecule is N/C(=N/O)c1ccc2c(c1)COCO2. The van der Waals surface area contributed by atoms with Crippen LogP contribution in [0.2, 0.25) is 0 Å². The number of ether oxygens (including phenoxy) is 2. The molecule has 5 nitrogen and oxygen atoms in total. The molecule has 14 heavy (non-hydrogen) atoms. The van der Waals surface area contributed by atoms with E-state index in [1.807, 2.05) is 0 Å². The summed E-state index contributed by atoms with van der Waals surface area (Å²) >= 11 is 0. The minimum Gasteiger partial charge on any atom is -0.467 e. The lowest BCUT2D eigenvalue weighted by Crippen LogP contribution is -2.16. The minimum atomic E-state index is 0.0818. The van der Waals surface area contributed by atoms with E-state index in [0.717, 1.165) is 11.3 Å². The van der Waals surface area contributed by atoms with Crippen LogP contribution in [0, 0.1) is 0 Å². The molecule has 0 amide bonds. The van der Waals surface area contributed by atoms with E-state index < -0.39 is 0 Å². The first kappa shape index (κ1) is 8.83. The lowest BCUT2D eigenvalue weighted by Gasteiger charge is -2.17. The van der Waals surface area contributed by atoms with Crippen molar-refractivity contribution < 1.29 is 14.7 Å². The van der Waals surface area contributed by atoms with E-state index >= 15 is 0 Å². The van der Waals surface area contributed by atoms with Crippen LogP contribution >= 0.6 is 0 Å². The van der Waals surface area contributed by atoms with E-state index in [0.29, 0.717) is 12.2 Å². The van der Waals surface area contributed by atoms with Crippen LogP contribution in [0.15, 0.2) is 23.4 Å². The summed E-state index contributed by atoms with van der Waals surface area (Å²) in [6, 6.07) is 5.30. The zero-order valence-corrected chi connectivity index (χ0v) is 7.43. The van der Waals surface area contributed by atoms with Crippen LogP contribution in [0.25, 0.3) is 0 Å². The lowest BCUT2D eigenvalue weighted by atomic mass is 10.1. The van der Waals surface area contributed by atoms with Crippen molar-refractivity contribution in [2.24, 2.45) is 10.9 Å². The molecule has 0 aliphatic carbocycles. The molecule has 1 aromatic rings. The van der Waals surface area contributed by atoms with E-state index in [1.54, 1.807) is 18.2 Å². The summed E-state index contributed by atoms with van der Waals surface area (Å²) in [6.07, 6.45) is 0. The number of hydrogen-bond acceptors (Lipinski definition) is 4. The second kappa shape index (κ2) is 3.55. The molecule has 3 N–H and O–H groups in total. The maximum Gasteiger partial charge on any atom is 0.189 e. The van der Waals surface area contributed by atoms with Gasteiger partial charge < -0.3 is 20.4 Å². The standard InChI is InChI=1S/C9H10N2O3/c10-9(11-12)6-1-2-8-7(3-6)4-13-5-14-8/h1-3,12H,4-5H2,(H2,10,11). The van der Waals surface area contributed by atoms with Crippen LogP contribution in [-0.4, -0.2) is 17.8 Å². The number of oxime groups is 1. The van der Waals surface area contributed by atoms with Gasteiger partial charge in [-0.05, 0) is 18.2 Å². The number of amidine groups is 1. The quantitative estimate of drug-likeness (QED) is 0.298. The first-order valence-electron chi connectivity index (χ1n) is 4.12. The molecule has 0 bridgehead atoms. The van der Waals surface area contributed by atoms with Gasteiger partial charge in [-0.3, -0.25) is 0 Å². The minimum absolute atomic E-state index is 0.0818. The van der Waals surface area contributed by atoms with Crippen molar-refractivity contribution in [2.75, 3.05) is 6.79 Å². The first-order valence-corrected chi connectivity index (χ1v) is 4.12. The largest absolute Gasteiger partial charge is 0.467 e. The molecule has 0 saturated heterocycles. The summed E-state index contributed by atoms with van der Waals surface area (Å²) in [6.45, 7) is 0.762. The zero-order chi connectivity index (χ0) is 9.97. The molecule has 1 aliphatic heterocycles. The predicted molar refractivity (Wildman–Crippen MR) is 49.2 cm³/mol. The summed E-state index contributed by atoms with van der Waals surface area (Å²) in [5.74, 6) is 0.865. The van der Waals surface area contributed by atoms with E-state index in [1.165, 1.54) is 0 Å². The molecule has 1 aromatic carbocycles. The van der Waals surface area contributed by atoms with Gasteiger partial charge in [0.2, 0.25) is 0 Å². The molecule has 1 heterocycles. The average molecular weight is 194 g/mol. The van der Waals surface area contributed by atoms with Gasteiger partial charge in [0, 0.05) is 11.1 Å². The van der Waals surface area contributed by atoms with Crippen molar-refractivity contribution >= 4 is 5.84 Å². The van der Waals surface area contributed by atoms with Crippen molar-refractivity contribution in [1.82, 2.24) is 0 Å². The zero-order valence-electron chi connectivity index (χ0n) is 7.43. The summed E-state index contributed by atoms with van der Waals surface area (Å²) in [7, 11) is 0. The molecular formula is C9H10N2O3. The van der Waals surface area contributed by atoms with Gasteiger partial charge in [0.1, 0.15) is 5.75 Å². The van der Waals surface area contributed by atoms with Crippen LogP contribution in [0.5, 0.6) is 5.75 Å². The molecule has 74 valence electrons. The Morgan fingerprint density at radius 1 is 1.50 bits per heavy atom. The number of nitrogens with zero attached hydrogens (tertiary/aromatic N) is 1. The number of nitrogens with two attached hydrogens (primary N) is 1. The molecule has 0 unspecified atom stereocenters. The average Bonchev–Trinajstić information content (AvgIpc) is 2.27. The van der Waals surface area contributed by atoms with E-state index in [4.69, 9.17) is 20.4 Å². The van der Waals surface area contributed by atoms with Gasteiger partial charge in [0.15, 0.2) is 12.6 Å². The molecule has 1 aliphatic rings. The van der Waals surface area contributed by atoms with Crippen molar-refractivity contribution in [2.45, 2.75) is 6.61 Å². The molecule has 5 heteroatoms. The highest BCUT2D eigenvalue weighted by atomic mass is 16.7. The van der Waals surface area contributed by atoms with Gasteiger partial charge in [-0.2, -0.15) is 0 Å². The Kier molecular flexibility index (Phi) is 2.24. The van der Waals surface area contributed by atoms with Gasteiger partial charge in [-0.1, -0.05) is 5.16 Å². The Labute approximate surface area is 80.7 Å². The van der Waals surface area contributed by atoms with Crippen LogP contribution in [0.3, 0.4) is 0 Å². The third kappa shape index (κ3) is 1.49. The fourth-order valence-corrected chi connectivity index (χ4v) is 1.31. The summed E-state index contributed by atoms with van der Waals surface area (Å²) in [5.41, 5.74) is 7.00. The maximum absolute atomic E-state index is 8.49. The van der Waals surface area contributed by atoms with Gasteiger partial charge in [-0.15, -0.1) is 0 Å². The topological polar surface area (TPSA) is 77.1 Å². The Hall–Kier alpha value is -1.75. The Morgan fingerprint density at radius 2 is 2.36 bits per heavy atom. The molecule has 0 atom stereocenters. The lowest BCUT2D eigenvalue weighted by molar-refractivity contribution is -0.0163. The highest BCUT2D eigenvalue weighted by molar-refractivity contribution is 5.97. The van der Waals surface area contributed by atoms with Crippen molar-refractivity contribution in [3.63, 3.8) is 0 Å². The second-order valence-corrected chi connectivity index (χ2v) is 2.92. The normalized spacial score (nSPS) is 15.9. The third-order valence-electron chi connectivity index (χ3n) is 2.02. The molecule has 0 radical (unpaired) electrons. The van der Waals surface area contributed by atoms with E-state index in [2.05, 4.69) is 5.16 Å². The van der Waals surface area contributed by atoms with Crippen LogP contribution in [0.4, 0.5) is 0 Å². The van der Waals surface area contributed by atoms with Crippen molar-refractivity contribution in [3.8, 4) is 5.75 Å². The van der Waals surface area contributed by atoms with E-state index in [-0.39, 0.29) is 12.6 Å². The highest BCUT2D eigenvalue weighted by Crippen LogP contribution is 2.24. The number of hydrogen-bond donors (Lipinski definition) is 2. The molecular weight excluding hydrogens is 184 g/mol. The first-order chi connectivity index (χ1) is 6.81. The van der Waals surface area contributed by atoms with Gasteiger partial charge in [0.05, 0.1) is 6.61 Å². The highest BCUT2D eigenvalue weighted by Gasteiger charge is 2.11. The van der Waals surface area contributed by atoms with Crippen molar-refractivity contribution in [1.29, 1.82) is 0 Å². The Bertz CT molecular complexity index is 376. The van der Waals surface area contributed by atoms with Gasteiger partial charge in [-0.25, -0.2) is 0 Å². The number of benzene rings is 1. The van der Waals surface area contributed by atoms with Crippen LogP contribution in [0.1, 0.15) is 11.1 Å². The molecule has 0 aromatic heterocycles. The number of rotatable bonds is 1. The summed E-state index contributed by atoms with van der Waals surface area (Å²) < 4.78 is 10.3. The van der Waals surface area contributed by atoms with Crippen molar-refractivity contribution in [3.05, 3.63) is 29.3 Å². The third-order valence-corrected chi connectivity index (χ3v) is 2.02. The number of fused-ring (bicyclic) bond motifs is 1. The molecule has 2 rings (SSSR count). The van der Waals surface area contributed by atoms with Crippen LogP contribution < -0.4 is 10.5 Å². The van der Waals surface area contributed by atoms with Gasteiger partial charge in [0.25, 0.3) is 0 Å². The predicted octanol–water partition coefficient (Wildman–Crippen LogP) is 0.648.